The summed E-state index contributed by atoms with van der Waals surface area (Å²) in [5, 5.41) is 11.8. The first kappa shape index (κ1) is 10.5. The van der Waals surface area contributed by atoms with Crippen molar-refractivity contribution in [2.75, 3.05) is 11.9 Å². The predicted molar refractivity (Wildman–Crippen MR) is 61.4 cm³/mol. The maximum absolute atomic E-state index is 10.6. The van der Waals surface area contributed by atoms with Gasteiger partial charge in [-0.2, -0.15) is 0 Å². The van der Waals surface area contributed by atoms with Gasteiger partial charge in [-0.25, -0.2) is 4.98 Å². The number of H-pyrrole nitrogens is 1. The molecule has 84 valence electrons. The van der Waals surface area contributed by atoms with E-state index in [2.05, 4.69) is 15.3 Å². The summed E-state index contributed by atoms with van der Waals surface area (Å²) in [7, 11) is 0. The predicted octanol–water partition coefficient (Wildman–Crippen LogP) is 1.70. The van der Waals surface area contributed by atoms with Crippen LogP contribution in [0, 0.1) is 5.92 Å². The van der Waals surface area contributed by atoms with Gasteiger partial charge < -0.3 is 15.4 Å². The Hall–Kier alpha value is -2.04. The molecule has 0 aliphatic rings. The van der Waals surface area contributed by atoms with E-state index >= 15 is 0 Å². The van der Waals surface area contributed by atoms with Crippen LogP contribution in [-0.4, -0.2) is 27.6 Å². The fourth-order valence-electron chi connectivity index (χ4n) is 1.40. The van der Waals surface area contributed by atoms with Crippen molar-refractivity contribution in [3.05, 3.63) is 24.5 Å². The molecule has 0 saturated heterocycles. The summed E-state index contributed by atoms with van der Waals surface area (Å²) in [5.41, 5.74) is 2.73. The highest BCUT2D eigenvalue weighted by Gasteiger charge is 2.09. The molecule has 0 radical (unpaired) electrons. The lowest BCUT2D eigenvalue weighted by atomic mass is 10.2. The molecule has 16 heavy (non-hydrogen) atoms. The third kappa shape index (κ3) is 2.13. The maximum Gasteiger partial charge on any atom is 0.308 e. The molecule has 1 heterocycles. The first-order valence-electron chi connectivity index (χ1n) is 5.06. The zero-order chi connectivity index (χ0) is 11.5. The topological polar surface area (TPSA) is 78.0 Å². The average molecular weight is 219 g/mol. The fourth-order valence-corrected chi connectivity index (χ4v) is 1.40. The minimum atomic E-state index is -0.796. The molecule has 0 fully saturated rings. The molecule has 0 spiro atoms. The van der Waals surface area contributed by atoms with Gasteiger partial charge in [0.05, 0.1) is 23.3 Å². The molecule has 1 unspecified atom stereocenters. The van der Waals surface area contributed by atoms with Gasteiger partial charge in [0, 0.05) is 12.2 Å². The number of hydrogen-bond donors (Lipinski definition) is 3. The van der Waals surface area contributed by atoms with Crippen LogP contribution in [0.1, 0.15) is 6.92 Å². The van der Waals surface area contributed by atoms with E-state index in [-0.39, 0.29) is 0 Å². The second-order valence-electron chi connectivity index (χ2n) is 3.75. The Morgan fingerprint density at radius 2 is 2.44 bits per heavy atom. The number of aromatic nitrogens is 2. The Labute approximate surface area is 92.5 Å². The molecule has 0 bridgehead atoms. The fraction of sp³-hybridized carbons (Fsp3) is 0.273. The quantitative estimate of drug-likeness (QED) is 0.731. The molecule has 3 N–H and O–H groups in total. The van der Waals surface area contributed by atoms with Crippen molar-refractivity contribution in [2.24, 2.45) is 5.92 Å². The zero-order valence-electron chi connectivity index (χ0n) is 8.90. The molecule has 0 aliphatic heterocycles. The number of aliphatic carboxylic acids is 1. The number of imidazole rings is 1. The Bertz CT molecular complexity index is 507. The second-order valence-corrected chi connectivity index (χ2v) is 3.75. The number of hydrogen-bond acceptors (Lipinski definition) is 3. The van der Waals surface area contributed by atoms with Gasteiger partial charge in [-0.05, 0) is 18.2 Å². The van der Waals surface area contributed by atoms with E-state index < -0.39 is 11.9 Å². The lowest BCUT2D eigenvalue weighted by Gasteiger charge is -2.09. The van der Waals surface area contributed by atoms with Crippen LogP contribution >= 0.6 is 0 Å². The Balaban J connectivity index is 2.06. The number of benzene rings is 1. The van der Waals surface area contributed by atoms with Crippen molar-refractivity contribution in [3.8, 4) is 0 Å². The van der Waals surface area contributed by atoms with Crippen molar-refractivity contribution in [1.82, 2.24) is 9.97 Å². The van der Waals surface area contributed by atoms with Crippen LogP contribution in [0.5, 0.6) is 0 Å². The molecule has 0 amide bonds. The van der Waals surface area contributed by atoms with Gasteiger partial charge in [0.15, 0.2) is 0 Å². The number of nitrogens with zero attached hydrogens (tertiary/aromatic N) is 1. The average Bonchev–Trinajstić information content (AvgIpc) is 2.72. The standard InChI is InChI=1S/C11H13N3O2/c1-7(11(15)16)5-12-8-2-3-9-10(4-8)14-6-13-9/h2-4,6-7,12H,5H2,1H3,(H,13,14)(H,15,16). The van der Waals surface area contributed by atoms with E-state index in [1.165, 1.54) is 0 Å². The molecule has 2 rings (SSSR count). The van der Waals surface area contributed by atoms with Crippen molar-refractivity contribution in [1.29, 1.82) is 0 Å². The summed E-state index contributed by atoms with van der Waals surface area (Å²) in [6, 6.07) is 5.69. The summed E-state index contributed by atoms with van der Waals surface area (Å²) in [6.07, 6.45) is 1.63. The van der Waals surface area contributed by atoms with Crippen molar-refractivity contribution < 1.29 is 9.90 Å². The monoisotopic (exact) mass is 219 g/mol. The lowest BCUT2D eigenvalue weighted by Crippen LogP contribution is -2.19. The number of aromatic amines is 1. The van der Waals surface area contributed by atoms with Crippen LogP contribution in [-0.2, 0) is 4.79 Å². The number of carboxylic acid groups (broad SMARTS) is 1. The van der Waals surface area contributed by atoms with E-state index in [0.29, 0.717) is 6.54 Å². The van der Waals surface area contributed by atoms with Crippen LogP contribution in [0.15, 0.2) is 24.5 Å². The molecular formula is C11H13N3O2. The second kappa shape index (κ2) is 4.22. The van der Waals surface area contributed by atoms with Crippen LogP contribution in [0.2, 0.25) is 0 Å². The van der Waals surface area contributed by atoms with Gasteiger partial charge in [0.25, 0.3) is 0 Å². The first-order valence-corrected chi connectivity index (χ1v) is 5.06. The Morgan fingerprint density at radius 3 is 3.19 bits per heavy atom. The summed E-state index contributed by atoms with van der Waals surface area (Å²) >= 11 is 0. The minimum Gasteiger partial charge on any atom is -0.481 e. The van der Waals surface area contributed by atoms with Gasteiger partial charge in [-0.1, -0.05) is 6.92 Å². The SMILES string of the molecule is CC(CNc1ccc2nc[nH]c2c1)C(=O)O. The molecule has 0 aliphatic carbocycles. The molecule has 2 aromatic rings. The first-order chi connectivity index (χ1) is 7.66. The van der Waals surface area contributed by atoms with Crippen molar-refractivity contribution >= 4 is 22.7 Å². The normalized spacial score (nSPS) is 12.6. The number of carbonyl (C=O) groups is 1. The van der Waals surface area contributed by atoms with Gasteiger partial charge in [0.2, 0.25) is 0 Å². The highest BCUT2D eigenvalue weighted by atomic mass is 16.4. The van der Waals surface area contributed by atoms with E-state index in [1.807, 2.05) is 18.2 Å². The van der Waals surface area contributed by atoms with Crippen molar-refractivity contribution in [2.45, 2.75) is 6.92 Å². The smallest absolute Gasteiger partial charge is 0.308 e. The molecule has 1 aromatic carbocycles. The Kier molecular flexibility index (Phi) is 2.76. The van der Waals surface area contributed by atoms with Crippen LogP contribution < -0.4 is 5.32 Å². The third-order valence-corrected chi connectivity index (χ3v) is 2.45. The van der Waals surface area contributed by atoms with E-state index in [0.717, 1.165) is 16.7 Å². The highest BCUT2D eigenvalue weighted by Crippen LogP contribution is 2.15. The highest BCUT2D eigenvalue weighted by molar-refractivity contribution is 5.79. The number of fused-ring (bicyclic) bond motifs is 1. The molecular weight excluding hydrogens is 206 g/mol. The van der Waals surface area contributed by atoms with Crippen molar-refractivity contribution in [3.63, 3.8) is 0 Å². The lowest BCUT2D eigenvalue weighted by molar-refractivity contribution is -0.140. The molecule has 0 saturated carbocycles. The van der Waals surface area contributed by atoms with Gasteiger partial charge in [0.1, 0.15) is 0 Å². The largest absolute Gasteiger partial charge is 0.481 e. The molecule has 1 atom stereocenters. The van der Waals surface area contributed by atoms with E-state index in [4.69, 9.17) is 5.11 Å². The van der Waals surface area contributed by atoms with Crippen LogP contribution in [0.3, 0.4) is 0 Å². The van der Waals surface area contributed by atoms with Crippen LogP contribution in [0.25, 0.3) is 11.0 Å². The van der Waals surface area contributed by atoms with Crippen LogP contribution in [0.4, 0.5) is 5.69 Å². The van der Waals surface area contributed by atoms with Gasteiger partial charge >= 0.3 is 5.97 Å². The van der Waals surface area contributed by atoms with Gasteiger partial charge in [-0.3, -0.25) is 4.79 Å². The maximum atomic E-state index is 10.6. The third-order valence-electron chi connectivity index (χ3n) is 2.45. The van der Waals surface area contributed by atoms with Gasteiger partial charge in [-0.15, -0.1) is 0 Å². The molecule has 1 aromatic heterocycles. The summed E-state index contributed by atoms with van der Waals surface area (Å²) in [5.74, 6) is -1.20. The number of anilines is 1. The Morgan fingerprint density at radius 1 is 1.62 bits per heavy atom. The summed E-state index contributed by atoms with van der Waals surface area (Å²) in [4.78, 5) is 17.7. The number of carboxylic acids is 1. The summed E-state index contributed by atoms with van der Waals surface area (Å²) in [6.45, 7) is 2.08. The minimum absolute atomic E-state index is 0.405. The number of rotatable bonds is 4. The van der Waals surface area contributed by atoms with E-state index in [1.54, 1.807) is 13.3 Å². The number of nitrogens with one attached hydrogen (secondary N) is 2. The zero-order valence-corrected chi connectivity index (χ0v) is 8.90. The summed E-state index contributed by atoms with van der Waals surface area (Å²) < 4.78 is 0. The molecule has 5 heteroatoms. The van der Waals surface area contributed by atoms with E-state index in [9.17, 15) is 4.79 Å². The molecule has 5 nitrogen and oxygen atoms in total.